The third kappa shape index (κ3) is 4.67. The van der Waals surface area contributed by atoms with Gasteiger partial charge in [0.2, 0.25) is 0 Å². The first-order chi connectivity index (χ1) is 7.43. The Morgan fingerprint density at radius 1 is 1.38 bits per heavy atom. The molecule has 0 bridgehead atoms. The molecule has 0 rings (SSSR count). The van der Waals surface area contributed by atoms with Crippen LogP contribution >= 0.6 is 0 Å². The number of nitrogens with two attached hydrogens (primary N) is 1. The number of rotatable bonds is 7. The molecule has 7 nitrogen and oxygen atoms in total. The van der Waals surface area contributed by atoms with Gasteiger partial charge in [-0.25, -0.2) is 0 Å². The highest BCUT2D eigenvalue weighted by Crippen LogP contribution is 2.03. The zero-order chi connectivity index (χ0) is 12.7. The van der Waals surface area contributed by atoms with E-state index < -0.39 is 36.9 Å². The zero-order valence-electron chi connectivity index (χ0n) is 8.94. The van der Waals surface area contributed by atoms with E-state index in [0.29, 0.717) is 0 Å². The Balaban J connectivity index is 4.11. The number of aliphatic hydroxyl groups excluding tert-OH is 3. The number of carbonyl (C=O) groups excluding carboxylic acids is 2. The van der Waals surface area contributed by atoms with Crippen LogP contribution in [0, 0.1) is 0 Å². The maximum absolute atomic E-state index is 10.7. The summed E-state index contributed by atoms with van der Waals surface area (Å²) in [5.41, 5.74) is 5.14. The lowest BCUT2D eigenvalue weighted by atomic mass is 10.0. The summed E-state index contributed by atoms with van der Waals surface area (Å²) in [4.78, 5) is 21.0. The molecule has 0 aliphatic heterocycles. The fraction of sp³-hybridized carbons (Fsp3) is 0.778. The van der Waals surface area contributed by atoms with Gasteiger partial charge in [0.15, 0.2) is 0 Å². The molecule has 0 unspecified atom stereocenters. The average molecular weight is 235 g/mol. The molecule has 0 aliphatic rings. The standard InChI is InChI=1S/C9H17NO6/c1-2-7(13)16-4-6(12)9(15)8(14)5(10)3-11/h3,5-6,8-9,12,14-15H,2,4,10H2,1H3/t5-,6+,8+,9+/m0/s1. The van der Waals surface area contributed by atoms with Crippen molar-refractivity contribution in [2.45, 2.75) is 37.7 Å². The summed E-state index contributed by atoms with van der Waals surface area (Å²) in [7, 11) is 0. The van der Waals surface area contributed by atoms with Crippen LogP contribution in [0.4, 0.5) is 0 Å². The van der Waals surface area contributed by atoms with Crippen LogP contribution in [0.1, 0.15) is 13.3 Å². The van der Waals surface area contributed by atoms with Crippen molar-refractivity contribution in [1.82, 2.24) is 0 Å². The molecule has 0 saturated heterocycles. The molecule has 0 aliphatic carbocycles. The minimum Gasteiger partial charge on any atom is -0.463 e. The summed E-state index contributed by atoms with van der Waals surface area (Å²) >= 11 is 0. The Morgan fingerprint density at radius 3 is 2.38 bits per heavy atom. The number of ether oxygens (including phenoxy) is 1. The quantitative estimate of drug-likeness (QED) is 0.284. The molecule has 0 aromatic carbocycles. The van der Waals surface area contributed by atoms with Gasteiger partial charge in [-0.2, -0.15) is 0 Å². The van der Waals surface area contributed by atoms with Crippen molar-refractivity contribution in [1.29, 1.82) is 0 Å². The van der Waals surface area contributed by atoms with Crippen LogP contribution in [0.15, 0.2) is 0 Å². The van der Waals surface area contributed by atoms with E-state index >= 15 is 0 Å². The van der Waals surface area contributed by atoms with Crippen molar-refractivity contribution in [3.8, 4) is 0 Å². The van der Waals surface area contributed by atoms with Gasteiger partial charge in [-0.15, -0.1) is 0 Å². The normalized spacial score (nSPS) is 18.3. The van der Waals surface area contributed by atoms with Gasteiger partial charge in [0.1, 0.15) is 31.2 Å². The molecule has 4 atom stereocenters. The number of aldehydes is 1. The van der Waals surface area contributed by atoms with Crippen molar-refractivity contribution in [2.24, 2.45) is 5.73 Å². The van der Waals surface area contributed by atoms with Crippen LogP contribution in [-0.4, -0.2) is 58.5 Å². The Kier molecular flexibility index (Phi) is 6.82. The third-order valence-corrected chi connectivity index (χ3v) is 2.00. The number of hydrogen-bond acceptors (Lipinski definition) is 7. The Hall–Kier alpha value is -1.02. The maximum atomic E-state index is 10.7. The van der Waals surface area contributed by atoms with Gasteiger partial charge in [-0.3, -0.25) is 4.79 Å². The van der Waals surface area contributed by atoms with E-state index in [4.69, 9.17) is 5.73 Å². The van der Waals surface area contributed by atoms with Crippen molar-refractivity contribution in [2.75, 3.05) is 6.61 Å². The largest absolute Gasteiger partial charge is 0.463 e. The Morgan fingerprint density at radius 2 is 1.94 bits per heavy atom. The summed E-state index contributed by atoms with van der Waals surface area (Å²) in [5, 5.41) is 27.9. The van der Waals surface area contributed by atoms with Gasteiger partial charge < -0.3 is 30.6 Å². The molecule has 0 aromatic heterocycles. The molecule has 0 amide bonds. The second kappa shape index (κ2) is 7.29. The smallest absolute Gasteiger partial charge is 0.305 e. The molecule has 0 saturated carbocycles. The lowest BCUT2D eigenvalue weighted by molar-refractivity contribution is -0.152. The molecule has 0 aromatic rings. The van der Waals surface area contributed by atoms with Gasteiger partial charge in [0, 0.05) is 6.42 Å². The van der Waals surface area contributed by atoms with Crippen LogP contribution in [0.5, 0.6) is 0 Å². The van der Waals surface area contributed by atoms with E-state index in [1.54, 1.807) is 6.92 Å². The van der Waals surface area contributed by atoms with Crippen molar-refractivity contribution in [3.05, 3.63) is 0 Å². The molecular formula is C9H17NO6. The molecule has 94 valence electrons. The molecule has 0 fully saturated rings. The van der Waals surface area contributed by atoms with E-state index in [1.807, 2.05) is 0 Å². The second-order valence-corrected chi connectivity index (χ2v) is 3.30. The summed E-state index contributed by atoms with van der Waals surface area (Å²) in [6.07, 6.45) is -4.35. The van der Waals surface area contributed by atoms with Crippen LogP contribution in [0.25, 0.3) is 0 Å². The molecule has 5 N–H and O–H groups in total. The van der Waals surface area contributed by atoms with Gasteiger partial charge in [0.05, 0.1) is 6.04 Å². The minimum absolute atomic E-state index is 0.138. The first-order valence-corrected chi connectivity index (χ1v) is 4.84. The topological polar surface area (TPSA) is 130 Å². The lowest BCUT2D eigenvalue weighted by Gasteiger charge is -2.24. The van der Waals surface area contributed by atoms with Crippen LogP contribution in [0.2, 0.25) is 0 Å². The van der Waals surface area contributed by atoms with Gasteiger partial charge in [-0.1, -0.05) is 6.92 Å². The second-order valence-electron chi connectivity index (χ2n) is 3.30. The summed E-state index contributed by atoms with van der Waals surface area (Å²) in [6, 6.07) is -1.30. The fourth-order valence-corrected chi connectivity index (χ4v) is 0.915. The van der Waals surface area contributed by atoms with Crippen LogP contribution in [0.3, 0.4) is 0 Å². The highest BCUT2D eigenvalue weighted by molar-refractivity contribution is 5.68. The monoisotopic (exact) mass is 235 g/mol. The predicted molar refractivity (Wildman–Crippen MR) is 53.3 cm³/mol. The predicted octanol–water partition coefficient (Wildman–Crippen LogP) is -2.45. The Labute approximate surface area is 92.8 Å². The van der Waals surface area contributed by atoms with E-state index in [2.05, 4.69) is 4.74 Å². The summed E-state index contributed by atoms with van der Waals surface area (Å²) < 4.78 is 4.55. The molecular weight excluding hydrogens is 218 g/mol. The molecule has 0 radical (unpaired) electrons. The van der Waals surface area contributed by atoms with Crippen LogP contribution < -0.4 is 5.73 Å². The minimum atomic E-state index is -1.65. The average Bonchev–Trinajstić information content (AvgIpc) is 2.32. The molecule has 0 heterocycles. The van der Waals surface area contributed by atoms with Crippen molar-refractivity contribution < 1.29 is 29.6 Å². The van der Waals surface area contributed by atoms with E-state index in [0.717, 1.165) is 0 Å². The molecule has 0 spiro atoms. The van der Waals surface area contributed by atoms with E-state index in [-0.39, 0.29) is 12.7 Å². The van der Waals surface area contributed by atoms with Crippen LogP contribution in [-0.2, 0) is 14.3 Å². The maximum Gasteiger partial charge on any atom is 0.305 e. The SMILES string of the molecule is CCC(=O)OC[C@@H](O)[C@@H](O)[C@H](O)[C@@H](N)C=O. The highest BCUT2D eigenvalue weighted by atomic mass is 16.5. The van der Waals surface area contributed by atoms with Gasteiger partial charge >= 0.3 is 5.97 Å². The van der Waals surface area contributed by atoms with E-state index in [9.17, 15) is 24.9 Å². The summed E-state index contributed by atoms with van der Waals surface area (Å²) in [6.45, 7) is 1.11. The third-order valence-electron chi connectivity index (χ3n) is 2.00. The number of carbonyl (C=O) groups is 2. The Bertz CT molecular complexity index is 234. The highest BCUT2D eigenvalue weighted by Gasteiger charge is 2.29. The number of hydrogen-bond donors (Lipinski definition) is 4. The summed E-state index contributed by atoms with van der Waals surface area (Å²) in [5.74, 6) is -0.541. The first-order valence-electron chi connectivity index (χ1n) is 4.84. The zero-order valence-corrected chi connectivity index (χ0v) is 8.94. The van der Waals surface area contributed by atoms with Crippen molar-refractivity contribution in [3.63, 3.8) is 0 Å². The number of aliphatic hydroxyl groups is 3. The first kappa shape index (κ1) is 15.0. The fourth-order valence-electron chi connectivity index (χ4n) is 0.915. The van der Waals surface area contributed by atoms with Gasteiger partial charge in [-0.05, 0) is 0 Å². The van der Waals surface area contributed by atoms with Crippen molar-refractivity contribution >= 4 is 12.3 Å². The van der Waals surface area contributed by atoms with Gasteiger partial charge in [0.25, 0.3) is 0 Å². The van der Waals surface area contributed by atoms with E-state index in [1.165, 1.54) is 0 Å². The molecule has 16 heavy (non-hydrogen) atoms. The molecule has 7 heteroatoms. The number of esters is 1. The lowest BCUT2D eigenvalue weighted by Crippen LogP contribution is -2.50.